The van der Waals surface area contributed by atoms with E-state index in [1.54, 1.807) is 6.92 Å². The molecule has 0 bridgehead atoms. The van der Waals surface area contributed by atoms with Crippen LogP contribution in [0.25, 0.3) is 0 Å². The first-order chi connectivity index (χ1) is 11.8. The number of esters is 1. The Morgan fingerprint density at radius 2 is 2.23 bits per heavy atom. The summed E-state index contributed by atoms with van der Waals surface area (Å²) in [6, 6.07) is 1.10. The Kier molecular flexibility index (Phi) is 7.03. The number of nitrogens with one attached hydrogen (secondary N) is 1. The maximum absolute atomic E-state index is 12.0. The monoisotopic (exact) mass is 399 g/mol. The first-order valence-electron chi connectivity index (χ1n) is 7.63. The van der Waals surface area contributed by atoms with Crippen molar-refractivity contribution in [3.05, 3.63) is 33.1 Å². The maximum atomic E-state index is 12.0. The van der Waals surface area contributed by atoms with Crippen LogP contribution in [0.2, 0.25) is 0 Å². The van der Waals surface area contributed by atoms with Gasteiger partial charge in [0.05, 0.1) is 6.61 Å². The molecule has 11 nitrogen and oxygen atoms in total. The van der Waals surface area contributed by atoms with Gasteiger partial charge in [-0.1, -0.05) is 6.92 Å². The molecular weight excluding hydrogens is 382 g/mol. The Morgan fingerprint density at radius 1 is 1.50 bits per heavy atom. The van der Waals surface area contributed by atoms with Gasteiger partial charge in [-0.25, -0.2) is 9.36 Å². The number of rotatable bonds is 4. The van der Waals surface area contributed by atoms with Crippen LogP contribution in [0.3, 0.4) is 0 Å². The van der Waals surface area contributed by atoms with E-state index in [0.717, 1.165) is 10.6 Å². The molecule has 2 fully saturated rings. The van der Waals surface area contributed by atoms with Crippen molar-refractivity contribution in [3.8, 4) is 0 Å². The Labute approximate surface area is 169 Å². The molecule has 1 aromatic heterocycles. The van der Waals surface area contributed by atoms with Gasteiger partial charge in [0, 0.05) is 48.2 Å². The van der Waals surface area contributed by atoms with Crippen LogP contribution < -0.4 is 11.2 Å². The first-order valence-corrected chi connectivity index (χ1v) is 9.12. The Morgan fingerprint density at radius 3 is 2.88 bits per heavy atom. The van der Waals surface area contributed by atoms with E-state index in [0.29, 0.717) is 6.42 Å². The average Bonchev–Trinajstić information content (AvgIpc) is 2.84. The number of aromatic nitrogens is 2. The number of fused-ring (bicyclic) bond motifs is 1. The number of hydrogen-bond acceptors (Lipinski definition) is 8. The van der Waals surface area contributed by atoms with Crippen molar-refractivity contribution >= 4 is 43.3 Å². The zero-order valence-corrected chi connectivity index (χ0v) is 17.1. The molecule has 2 saturated heterocycles. The van der Waals surface area contributed by atoms with Crippen LogP contribution in [0.5, 0.6) is 0 Å². The van der Waals surface area contributed by atoms with Gasteiger partial charge in [-0.2, -0.15) is 0 Å². The largest absolute Gasteiger partial charge is 0.472 e. The Hall–Kier alpha value is -0.780. The number of H-pyrrole nitrogens is 1. The van der Waals surface area contributed by atoms with Crippen molar-refractivity contribution in [1.82, 2.24) is 9.55 Å². The fourth-order valence-electron chi connectivity index (χ4n) is 2.71. The van der Waals surface area contributed by atoms with Gasteiger partial charge >= 0.3 is 19.5 Å². The minimum absolute atomic E-state index is 0. The second-order valence-electron chi connectivity index (χ2n) is 5.62. The summed E-state index contributed by atoms with van der Waals surface area (Å²) >= 11 is 0. The van der Waals surface area contributed by atoms with Gasteiger partial charge in [0.15, 0.2) is 12.3 Å². The third kappa shape index (κ3) is 4.55. The molecule has 0 aromatic carbocycles. The molecule has 2 aliphatic rings. The summed E-state index contributed by atoms with van der Waals surface area (Å²) < 4.78 is 33.4. The van der Waals surface area contributed by atoms with Crippen LogP contribution in [0.4, 0.5) is 0 Å². The molecule has 0 spiro atoms. The zero-order valence-electron chi connectivity index (χ0n) is 14.2. The molecular formula is C13H17N2NaO9P. The van der Waals surface area contributed by atoms with E-state index in [2.05, 4.69) is 4.98 Å². The van der Waals surface area contributed by atoms with E-state index < -0.39 is 49.6 Å². The van der Waals surface area contributed by atoms with E-state index in [1.165, 1.54) is 6.20 Å². The summed E-state index contributed by atoms with van der Waals surface area (Å²) in [6.07, 6.45) is -2.37. The van der Waals surface area contributed by atoms with Crippen LogP contribution in [-0.2, 0) is 27.9 Å². The molecule has 139 valence electrons. The number of carbonyl (C=O) groups is 1. The van der Waals surface area contributed by atoms with Gasteiger partial charge in [0.25, 0.3) is 5.56 Å². The summed E-state index contributed by atoms with van der Waals surface area (Å²) in [5, 5.41) is 0. The van der Waals surface area contributed by atoms with Crippen LogP contribution in [0, 0.1) is 0 Å². The predicted octanol–water partition coefficient (Wildman–Crippen LogP) is -0.719. The van der Waals surface area contributed by atoms with Crippen molar-refractivity contribution in [3.63, 3.8) is 0 Å². The normalized spacial score (nSPS) is 33.2. The van der Waals surface area contributed by atoms with Crippen LogP contribution in [0.15, 0.2) is 21.9 Å². The van der Waals surface area contributed by atoms with Gasteiger partial charge in [-0.3, -0.25) is 28.2 Å². The first kappa shape index (κ1) is 21.5. The quantitative estimate of drug-likeness (QED) is 0.380. The van der Waals surface area contributed by atoms with E-state index in [4.69, 9.17) is 18.5 Å². The van der Waals surface area contributed by atoms with E-state index in [9.17, 15) is 23.8 Å². The minimum atomic E-state index is -4.31. The third-order valence-electron chi connectivity index (χ3n) is 3.79. The fourth-order valence-corrected chi connectivity index (χ4v) is 3.67. The van der Waals surface area contributed by atoms with Crippen LogP contribution in [-0.4, -0.2) is 74.9 Å². The van der Waals surface area contributed by atoms with Gasteiger partial charge in [-0.05, 0) is 6.42 Å². The van der Waals surface area contributed by atoms with Crippen LogP contribution in [0.1, 0.15) is 26.0 Å². The standard InChI is InChI=1S/C13H17N2O9P.Na/c1-2-3-9(17)23-11-10-7(6-21-25(19,20)24-10)22-12(11)15-5-4-8(16)14-13(15)18;/h4-5,7,10-12H,2-3,6H2,1H3,(H,19,20)(H,14,16,18);/t7-,10-,11-,12-;/m1./s1. The summed E-state index contributed by atoms with van der Waals surface area (Å²) in [7, 11) is -4.31. The predicted molar refractivity (Wildman–Crippen MR) is 86.4 cm³/mol. The second-order valence-corrected chi connectivity index (χ2v) is 7.03. The zero-order chi connectivity index (χ0) is 18.2. The second kappa shape index (κ2) is 8.49. The molecule has 1 aromatic rings. The summed E-state index contributed by atoms with van der Waals surface area (Å²) in [5.41, 5.74) is -1.38. The number of aromatic amines is 1. The number of hydrogen-bond donors (Lipinski definition) is 2. The molecule has 3 heterocycles. The van der Waals surface area contributed by atoms with Gasteiger partial charge in [0.1, 0.15) is 12.2 Å². The number of carbonyl (C=O) groups excluding carboxylic acids is 1. The summed E-state index contributed by atoms with van der Waals surface area (Å²) in [4.78, 5) is 46.8. The number of phosphoric acid groups is 1. The number of phosphoric ester groups is 1. The topological polar surface area (TPSA) is 146 Å². The van der Waals surface area contributed by atoms with E-state index in [1.807, 2.05) is 0 Å². The van der Waals surface area contributed by atoms with Crippen molar-refractivity contribution in [2.75, 3.05) is 6.61 Å². The summed E-state index contributed by atoms with van der Waals surface area (Å²) in [5.74, 6) is -0.568. The molecule has 3 rings (SSSR count). The number of ether oxygens (including phenoxy) is 2. The van der Waals surface area contributed by atoms with E-state index in [-0.39, 0.29) is 42.6 Å². The molecule has 0 aliphatic carbocycles. The van der Waals surface area contributed by atoms with Crippen LogP contribution >= 0.6 is 7.82 Å². The molecule has 1 unspecified atom stereocenters. The maximum Gasteiger partial charge on any atom is 0.472 e. The fraction of sp³-hybridized carbons (Fsp3) is 0.615. The van der Waals surface area contributed by atoms with Crippen molar-refractivity contribution in [1.29, 1.82) is 0 Å². The molecule has 5 atom stereocenters. The molecule has 1 radical (unpaired) electrons. The Bertz CT molecular complexity index is 824. The van der Waals surface area contributed by atoms with Gasteiger partial charge in [0.2, 0.25) is 0 Å². The summed E-state index contributed by atoms with van der Waals surface area (Å²) in [6.45, 7) is 1.51. The van der Waals surface area contributed by atoms with Crippen molar-refractivity contribution in [2.24, 2.45) is 0 Å². The van der Waals surface area contributed by atoms with Gasteiger partial charge in [-0.15, -0.1) is 0 Å². The third-order valence-corrected chi connectivity index (χ3v) is 4.77. The molecule has 0 amide bonds. The van der Waals surface area contributed by atoms with Crippen molar-refractivity contribution in [2.45, 2.75) is 44.3 Å². The molecule has 2 N–H and O–H groups in total. The number of nitrogens with zero attached hydrogens (tertiary/aromatic N) is 1. The van der Waals surface area contributed by atoms with E-state index >= 15 is 0 Å². The minimum Gasteiger partial charge on any atom is -0.455 e. The molecule has 0 saturated carbocycles. The molecule has 26 heavy (non-hydrogen) atoms. The average molecular weight is 399 g/mol. The molecule has 13 heteroatoms. The van der Waals surface area contributed by atoms with Gasteiger partial charge < -0.3 is 14.4 Å². The SMILES string of the molecule is CCCC(=O)O[C@@H]1[C@@H]2OP(=O)(O)OC[C@H]2O[C@H]1n1ccc(=O)[nH]c1=O.[Na]. The molecule has 2 aliphatic heterocycles. The smallest absolute Gasteiger partial charge is 0.455 e. The Balaban J connectivity index is 0.00000243. The van der Waals surface area contributed by atoms with Crippen molar-refractivity contribution < 1.29 is 32.8 Å².